The number of hydrogen-bond donors (Lipinski definition) is 2. The normalized spacial score (nSPS) is 31.8. The smallest absolute Gasteiger partial charge is 0.0616 e. The molecule has 0 aromatic rings. The van der Waals surface area contributed by atoms with Crippen LogP contribution in [0.1, 0.15) is 51.9 Å². The Kier molecular flexibility index (Phi) is 7.15. The summed E-state index contributed by atoms with van der Waals surface area (Å²) in [5.41, 5.74) is 0.0201. The molecule has 2 N–H and O–H groups in total. The van der Waals surface area contributed by atoms with Gasteiger partial charge in [-0.05, 0) is 56.7 Å². The lowest BCUT2D eigenvalue weighted by molar-refractivity contribution is 0.0999. The largest absolute Gasteiger partial charge is 0.394 e. The van der Waals surface area contributed by atoms with Crippen molar-refractivity contribution >= 4 is 11.8 Å². The van der Waals surface area contributed by atoms with Gasteiger partial charge in [-0.3, -0.25) is 0 Å². The molecule has 2 aliphatic rings. The third-order valence-corrected chi connectivity index (χ3v) is 6.37. The maximum absolute atomic E-state index is 9.88. The highest BCUT2D eigenvalue weighted by atomic mass is 32.2. The second-order valence-electron chi connectivity index (χ2n) is 6.30. The number of aliphatic hydroxyl groups is 1. The van der Waals surface area contributed by atoms with Crippen molar-refractivity contribution in [2.75, 3.05) is 32.1 Å². The molecule has 0 aromatic heterocycles. The molecule has 0 spiro atoms. The Morgan fingerprint density at radius 2 is 2.10 bits per heavy atom. The predicted molar refractivity (Wildman–Crippen MR) is 86.4 cm³/mol. The molecule has 20 heavy (non-hydrogen) atoms. The van der Waals surface area contributed by atoms with E-state index < -0.39 is 0 Å². The molecule has 2 atom stereocenters. The molecule has 1 saturated heterocycles. The lowest BCUT2D eigenvalue weighted by atomic mass is 9.85. The molecular formula is C16H31NO2S. The Hall–Kier alpha value is 0.230. The summed E-state index contributed by atoms with van der Waals surface area (Å²) in [4.78, 5) is 0. The van der Waals surface area contributed by atoms with Gasteiger partial charge in [-0.15, -0.1) is 0 Å². The van der Waals surface area contributed by atoms with E-state index in [4.69, 9.17) is 4.74 Å². The standard InChI is InChI=1S/C16H31NO2S/c1-2-9-17-16(13-18)8-3-4-14(16)7-12-20-15-5-10-19-11-6-15/h14-15,17-18H,2-13H2,1H3. The van der Waals surface area contributed by atoms with Gasteiger partial charge in [0.25, 0.3) is 0 Å². The van der Waals surface area contributed by atoms with Crippen molar-refractivity contribution < 1.29 is 9.84 Å². The molecule has 2 unspecified atom stereocenters. The summed E-state index contributed by atoms with van der Waals surface area (Å²) in [5, 5.41) is 14.3. The lowest BCUT2D eigenvalue weighted by Crippen LogP contribution is -2.51. The van der Waals surface area contributed by atoms with Crippen molar-refractivity contribution in [3.63, 3.8) is 0 Å². The van der Waals surface area contributed by atoms with Gasteiger partial charge < -0.3 is 15.2 Å². The summed E-state index contributed by atoms with van der Waals surface area (Å²) < 4.78 is 5.42. The Morgan fingerprint density at radius 3 is 2.80 bits per heavy atom. The topological polar surface area (TPSA) is 41.5 Å². The second kappa shape index (κ2) is 8.62. The summed E-state index contributed by atoms with van der Waals surface area (Å²) in [5.74, 6) is 1.90. The fourth-order valence-corrected chi connectivity index (χ4v) is 4.93. The van der Waals surface area contributed by atoms with Gasteiger partial charge in [-0.1, -0.05) is 13.3 Å². The third kappa shape index (κ3) is 4.36. The van der Waals surface area contributed by atoms with Crippen LogP contribution in [0, 0.1) is 5.92 Å². The van der Waals surface area contributed by atoms with E-state index in [0.717, 1.165) is 37.9 Å². The van der Waals surface area contributed by atoms with Crippen molar-refractivity contribution in [2.24, 2.45) is 5.92 Å². The Labute approximate surface area is 128 Å². The number of rotatable bonds is 8. The SMILES string of the molecule is CCCNC1(CO)CCCC1CCSC1CCOCC1. The van der Waals surface area contributed by atoms with E-state index in [-0.39, 0.29) is 5.54 Å². The van der Waals surface area contributed by atoms with Gasteiger partial charge in [0.15, 0.2) is 0 Å². The monoisotopic (exact) mass is 301 g/mol. The molecule has 1 heterocycles. The van der Waals surface area contributed by atoms with E-state index in [2.05, 4.69) is 24.0 Å². The highest BCUT2D eigenvalue weighted by molar-refractivity contribution is 7.99. The molecule has 3 nitrogen and oxygen atoms in total. The number of thioether (sulfide) groups is 1. The fraction of sp³-hybridized carbons (Fsp3) is 1.00. The first-order valence-corrected chi connectivity index (χ1v) is 9.41. The van der Waals surface area contributed by atoms with Gasteiger partial charge in [0.1, 0.15) is 0 Å². The zero-order chi connectivity index (χ0) is 14.3. The van der Waals surface area contributed by atoms with Gasteiger partial charge in [-0.2, -0.15) is 11.8 Å². The van der Waals surface area contributed by atoms with Crippen molar-refractivity contribution in [3.8, 4) is 0 Å². The number of hydrogen-bond acceptors (Lipinski definition) is 4. The molecule has 1 aliphatic carbocycles. The predicted octanol–water partition coefficient (Wildman–Crippen LogP) is 2.82. The average molecular weight is 301 g/mol. The van der Waals surface area contributed by atoms with E-state index >= 15 is 0 Å². The quantitative estimate of drug-likeness (QED) is 0.723. The van der Waals surface area contributed by atoms with Crippen LogP contribution in [0.25, 0.3) is 0 Å². The molecule has 1 saturated carbocycles. The highest BCUT2D eigenvalue weighted by Gasteiger charge is 2.41. The van der Waals surface area contributed by atoms with Crippen molar-refractivity contribution in [1.82, 2.24) is 5.32 Å². The summed E-state index contributed by atoms with van der Waals surface area (Å²) >= 11 is 2.13. The third-order valence-electron chi connectivity index (χ3n) is 4.95. The van der Waals surface area contributed by atoms with Crippen LogP contribution in [-0.4, -0.2) is 48.0 Å². The van der Waals surface area contributed by atoms with Crippen molar-refractivity contribution in [2.45, 2.75) is 62.7 Å². The minimum Gasteiger partial charge on any atom is -0.394 e. The van der Waals surface area contributed by atoms with Gasteiger partial charge >= 0.3 is 0 Å². The van der Waals surface area contributed by atoms with Gasteiger partial charge in [0.05, 0.1) is 6.61 Å². The second-order valence-corrected chi connectivity index (χ2v) is 7.71. The molecule has 2 rings (SSSR count). The fourth-order valence-electron chi connectivity index (χ4n) is 3.66. The molecule has 1 aliphatic heterocycles. The molecule has 118 valence electrons. The van der Waals surface area contributed by atoms with Gasteiger partial charge in [0, 0.05) is 24.0 Å². The summed E-state index contributed by atoms with van der Waals surface area (Å²) in [7, 11) is 0. The van der Waals surface area contributed by atoms with E-state index in [9.17, 15) is 5.11 Å². The van der Waals surface area contributed by atoms with Crippen LogP contribution in [0.4, 0.5) is 0 Å². The Balaban J connectivity index is 1.74. The van der Waals surface area contributed by atoms with Crippen LogP contribution in [0.15, 0.2) is 0 Å². The van der Waals surface area contributed by atoms with E-state index in [1.54, 1.807) is 0 Å². The molecule has 0 bridgehead atoms. The summed E-state index contributed by atoms with van der Waals surface area (Å²) in [6.45, 7) is 5.42. The van der Waals surface area contributed by atoms with Gasteiger partial charge in [0.2, 0.25) is 0 Å². The van der Waals surface area contributed by atoms with Crippen molar-refractivity contribution in [3.05, 3.63) is 0 Å². The zero-order valence-corrected chi connectivity index (χ0v) is 13.7. The molecule has 0 amide bonds. The maximum atomic E-state index is 9.88. The highest BCUT2D eigenvalue weighted by Crippen LogP contribution is 2.39. The maximum Gasteiger partial charge on any atom is 0.0616 e. The molecular weight excluding hydrogens is 270 g/mol. The van der Waals surface area contributed by atoms with E-state index in [1.807, 2.05) is 0 Å². The Morgan fingerprint density at radius 1 is 1.30 bits per heavy atom. The van der Waals surface area contributed by atoms with Crippen LogP contribution in [0.3, 0.4) is 0 Å². The molecule has 4 heteroatoms. The molecule has 0 radical (unpaired) electrons. The number of nitrogens with one attached hydrogen (secondary N) is 1. The minimum atomic E-state index is 0.0201. The van der Waals surface area contributed by atoms with E-state index in [0.29, 0.717) is 12.5 Å². The van der Waals surface area contributed by atoms with Crippen molar-refractivity contribution in [1.29, 1.82) is 0 Å². The summed E-state index contributed by atoms with van der Waals surface area (Å²) in [6, 6.07) is 0. The number of aliphatic hydroxyl groups excluding tert-OH is 1. The van der Waals surface area contributed by atoms with E-state index in [1.165, 1.54) is 37.9 Å². The lowest BCUT2D eigenvalue weighted by Gasteiger charge is -2.35. The van der Waals surface area contributed by atoms with Crippen LogP contribution in [0.5, 0.6) is 0 Å². The van der Waals surface area contributed by atoms with Crippen LogP contribution in [-0.2, 0) is 4.74 Å². The van der Waals surface area contributed by atoms with Crippen LogP contribution >= 0.6 is 11.8 Å². The number of ether oxygens (including phenoxy) is 1. The first kappa shape index (κ1) is 16.6. The molecule has 0 aromatic carbocycles. The van der Waals surface area contributed by atoms with Gasteiger partial charge in [-0.25, -0.2) is 0 Å². The zero-order valence-electron chi connectivity index (χ0n) is 12.9. The molecule has 2 fully saturated rings. The minimum absolute atomic E-state index is 0.0201. The Bertz CT molecular complexity index is 271. The first-order chi connectivity index (χ1) is 9.80. The van der Waals surface area contributed by atoms with Crippen LogP contribution < -0.4 is 5.32 Å². The summed E-state index contributed by atoms with van der Waals surface area (Å²) in [6.07, 6.45) is 8.53. The average Bonchev–Trinajstić information content (AvgIpc) is 2.90. The first-order valence-electron chi connectivity index (χ1n) is 8.36. The van der Waals surface area contributed by atoms with Crippen LogP contribution in [0.2, 0.25) is 0 Å².